The lowest BCUT2D eigenvalue weighted by molar-refractivity contribution is -0.140. The van der Waals surface area contributed by atoms with E-state index >= 15 is 0 Å². The Morgan fingerprint density at radius 3 is 2.36 bits per heavy atom. The molecule has 0 heterocycles. The molecular weight excluding hydrogens is 151 g/mol. The number of carbonyl (C=O) groups excluding carboxylic acids is 1. The molecule has 11 heavy (non-hydrogen) atoms. The molecule has 0 amide bonds. The number of carboxylic acids is 1. The number of hydrogen-bond donors (Lipinski definition) is 1. The van der Waals surface area contributed by atoms with Gasteiger partial charge in [-0.1, -0.05) is 6.92 Å². The van der Waals surface area contributed by atoms with Crippen molar-refractivity contribution in [2.45, 2.75) is 19.8 Å². The van der Waals surface area contributed by atoms with E-state index in [1.54, 1.807) is 6.92 Å². The third-order valence-electron chi connectivity index (χ3n) is 1.50. The van der Waals surface area contributed by atoms with E-state index in [9.17, 15) is 14.0 Å². The van der Waals surface area contributed by atoms with Crippen LogP contribution >= 0.6 is 0 Å². The highest BCUT2D eigenvalue weighted by molar-refractivity contribution is 5.85. The van der Waals surface area contributed by atoms with E-state index < -0.39 is 24.3 Å². The first kappa shape index (κ1) is 10.1. The average molecular weight is 162 g/mol. The Balaban J connectivity index is 3.94. The van der Waals surface area contributed by atoms with Crippen LogP contribution in [0.5, 0.6) is 0 Å². The number of Topliss-reactive ketones (excluding diaryl/α,β-unsaturated/α-hetero) is 1. The molecule has 0 saturated heterocycles. The predicted octanol–water partition coefficient (Wildman–Crippen LogP) is 1.03. The minimum atomic E-state index is -1.06. The first-order chi connectivity index (χ1) is 5.11. The van der Waals surface area contributed by atoms with E-state index in [-0.39, 0.29) is 6.42 Å². The molecule has 0 fully saturated rings. The largest absolute Gasteiger partial charge is 0.481 e. The second kappa shape index (κ2) is 4.82. The summed E-state index contributed by atoms with van der Waals surface area (Å²) in [5.41, 5.74) is 0. The number of ketones is 1. The molecule has 0 aliphatic carbocycles. The molecule has 0 rings (SSSR count). The molecule has 0 aliphatic rings. The SMILES string of the molecule is CCC(CC(=O)O)C(=O)CF. The first-order valence-corrected chi connectivity index (χ1v) is 3.42. The van der Waals surface area contributed by atoms with E-state index in [2.05, 4.69) is 0 Å². The Kier molecular flexibility index (Phi) is 4.41. The fourth-order valence-corrected chi connectivity index (χ4v) is 0.806. The molecular formula is C7H11FO3. The lowest BCUT2D eigenvalue weighted by Gasteiger charge is -2.06. The van der Waals surface area contributed by atoms with Crippen molar-refractivity contribution in [3.63, 3.8) is 0 Å². The fraction of sp³-hybridized carbons (Fsp3) is 0.714. The Hall–Kier alpha value is -0.930. The molecule has 0 aliphatic heterocycles. The van der Waals surface area contributed by atoms with Crippen molar-refractivity contribution in [2.24, 2.45) is 5.92 Å². The van der Waals surface area contributed by atoms with Gasteiger partial charge >= 0.3 is 5.97 Å². The zero-order valence-corrected chi connectivity index (χ0v) is 6.34. The second-order valence-electron chi connectivity index (χ2n) is 2.30. The Bertz CT molecular complexity index is 156. The van der Waals surface area contributed by atoms with Gasteiger partial charge in [0, 0.05) is 5.92 Å². The molecule has 1 atom stereocenters. The van der Waals surface area contributed by atoms with Crippen LogP contribution < -0.4 is 0 Å². The van der Waals surface area contributed by atoms with E-state index in [0.29, 0.717) is 6.42 Å². The molecule has 1 unspecified atom stereocenters. The number of carboxylic acid groups (broad SMARTS) is 1. The quantitative estimate of drug-likeness (QED) is 0.656. The summed E-state index contributed by atoms with van der Waals surface area (Å²) in [5, 5.41) is 8.28. The highest BCUT2D eigenvalue weighted by atomic mass is 19.1. The summed E-state index contributed by atoms with van der Waals surface area (Å²) >= 11 is 0. The maximum absolute atomic E-state index is 11.7. The maximum atomic E-state index is 11.7. The van der Waals surface area contributed by atoms with Gasteiger partial charge in [-0.25, -0.2) is 4.39 Å². The van der Waals surface area contributed by atoms with Gasteiger partial charge in [0.1, 0.15) is 6.67 Å². The number of rotatable bonds is 5. The maximum Gasteiger partial charge on any atom is 0.304 e. The fourth-order valence-electron chi connectivity index (χ4n) is 0.806. The van der Waals surface area contributed by atoms with E-state index in [0.717, 1.165) is 0 Å². The molecule has 4 heteroatoms. The van der Waals surface area contributed by atoms with Crippen LogP contribution in [-0.2, 0) is 9.59 Å². The topological polar surface area (TPSA) is 54.4 Å². The van der Waals surface area contributed by atoms with Crippen LogP contribution in [-0.4, -0.2) is 23.5 Å². The van der Waals surface area contributed by atoms with Gasteiger partial charge in [-0.15, -0.1) is 0 Å². The summed E-state index contributed by atoms with van der Waals surface area (Å²) < 4.78 is 11.7. The van der Waals surface area contributed by atoms with Crippen molar-refractivity contribution >= 4 is 11.8 Å². The summed E-state index contributed by atoms with van der Waals surface area (Å²) in [6, 6.07) is 0. The van der Waals surface area contributed by atoms with Gasteiger partial charge in [0.05, 0.1) is 6.42 Å². The summed E-state index contributed by atoms with van der Waals surface area (Å²) in [7, 11) is 0. The summed E-state index contributed by atoms with van der Waals surface area (Å²) in [4.78, 5) is 20.8. The van der Waals surface area contributed by atoms with Gasteiger partial charge in [-0.05, 0) is 6.42 Å². The lowest BCUT2D eigenvalue weighted by Crippen LogP contribution is -2.18. The summed E-state index contributed by atoms with van der Waals surface area (Å²) in [5.74, 6) is -2.33. The van der Waals surface area contributed by atoms with Crippen LogP contribution in [0.4, 0.5) is 4.39 Å². The number of hydrogen-bond acceptors (Lipinski definition) is 2. The molecule has 3 nitrogen and oxygen atoms in total. The van der Waals surface area contributed by atoms with E-state index in [1.165, 1.54) is 0 Å². The second-order valence-corrected chi connectivity index (χ2v) is 2.30. The van der Waals surface area contributed by atoms with Crippen LogP contribution in [0.2, 0.25) is 0 Å². The normalized spacial score (nSPS) is 12.5. The molecule has 64 valence electrons. The van der Waals surface area contributed by atoms with Gasteiger partial charge in [0.15, 0.2) is 5.78 Å². The van der Waals surface area contributed by atoms with Gasteiger partial charge in [0.2, 0.25) is 0 Å². The molecule has 1 N–H and O–H groups in total. The van der Waals surface area contributed by atoms with E-state index in [1.807, 2.05) is 0 Å². The van der Waals surface area contributed by atoms with Gasteiger partial charge in [0.25, 0.3) is 0 Å². The third kappa shape index (κ3) is 3.70. The van der Waals surface area contributed by atoms with Gasteiger partial charge in [-0.3, -0.25) is 9.59 Å². The zero-order valence-electron chi connectivity index (χ0n) is 6.34. The van der Waals surface area contributed by atoms with Crippen molar-refractivity contribution < 1.29 is 19.1 Å². The average Bonchev–Trinajstić information content (AvgIpc) is 1.98. The summed E-state index contributed by atoms with van der Waals surface area (Å²) in [6.07, 6.45) is 0.119. The molecule has 0 aromatic heterocycles. The lowest BCUT2D eigenvalue weighted by atomic mass is 9.98. The van der Waals surface area contributed by atoms with Gasteiger partial charge in [-0.2, -0.15) is 0 Å². The number of carbonyl (C=O) groups is 2. The molecule has 0 saturated carbocycles. The smallest absolute Gasteiger partial charge is 0.304 e. The van der Waals surface area contributed by atoms with Crippen LogP contribution in [0.25, 0.3) is 0 Å². The monoisotopic (exact) mass is 162 g/mol. The van der Waals surface area contributed by atoms with E-state index in [4.69, 9.17) is 5.11 Å². The Morgan fingerprint density at radius 2 is 2.09 bits per heavy atom. The summed E-state index contributed by atoms with van der Waals surface area (Å²) in [6.45, 7) is 0.604. The van der Waals surface area contributed by atoms with Gasteiger partial charge < -0.3 is 5.11 Å². The van der Waals surface area contributed by atoms with Crippen molar-refractivity contribution in [1.29, 1.82) is 0 Å². The predicted molar refractivity (Wildman–Crippen MR) is 37.0 cm³/mol. The highest BCUT2D eigenvalue weighted by Crippen LogP contribution is 2.09. The standard InChI is InChI=1S/C7H11FO3/c1-2-5(3-7(10)11)6(9)4-8/h5H,2-4H2,1H3,(H,10,11). The van der Waals surface area contributed by atoms with Crippen LogP contribution in [0, 0.1) is 5.92 Å². The van der Waals surface area contributed by atoms with Crippen molar-refractivity contribution in [3.05, 3.63) is 0 Å². The number of aliphatic carboxylic acids is 1. The highest BCUT2D eigenvalue weighted by Gasteiger charge is 2.18. The minimum Gasteiger partial charge on any atom is -0.481 e. The van der Waals surface area contributed by atoms with Crippen LogP contribution in [0.3, 0.4) is 0 Å². The van der Waals surface area contributed by atoms with Crippen LogP contribution in [0.1, 0.15) is 19.8 Å². The van der Waals surface area contributed by atoms with Crippen LogP contribution in [0.15, 0.2) is 0 Å². The Labute approximate surface area is 64.2 Å². The molecule has 0 bridgehead atoms. The number of halogens is 1. The van der Waals surface area contributed by atoms with Crippen molar-refractivity contribution in [3.8, 4) is 0 Å². The van der Waals surface area contributed by atoms with Crippen molar-refractivity contribution in [1.82, 2.24) is 0 Å². The minimum absolute atomic E-state index is 0.265. The molecule has 0 radical (unpaired) electrons. The number of alkyl halides is 1. The molecule has 0 spiro atoms. The molecule has 0 aromatic carbocycles. The first-order valence-electron chi connectivity index (χ1n) is 3.42. The van der Waals surface area contributed by atoms with Crippen molar-refractivity contribution in [2.75, 3.05) is 6.67 Å². The zero-order chi connectivity index (χ0) is 8.85. The third-order valence-corrected chi connectivity index (χ3v) is 1.50. The Morgan fingerprint density at radius 1 is 1.55 bits per heavy atom. The molecule has 0 aromatic rings.